The van der Waals surface area contributed by atoms with E-state index in [1.165, 1.54) is 24.3 Å². The Morgan fingerprint density at radius 3 is 1.95 bits per heavy atom. The summed E-state index contributed by atoms with van der Waals surface area (Å²) in [5.74, 6) is -4.84. The molecule has 0 heterocycles. The summed E-state index contributed by atoms with van der Waals surface area (Å²) in [6.07, 6.45) is 1.07. The van der Waals surface area contributed by atoms with E-state index >= 15 is 0 Å². The van der Waals surface area contributed by atoms with Gasteiger partial charge in [0.25, 0.3) is 0 Å². The number of rotatable bonds is 18. The van der Waals surface area contributed by atoms with Gasteiger partial charge in [0, 0.05) is 12.8 Å². The minimum Gasteiger partial charge on any atom is -0.508 e. The number of benzene rings is 1. The van der Waals surface area contributed by atoms with Crippen molar-refractivity contribution in [1.29, 1.82) is 0 Å². The highest BCUT2D eigenvalue weighted by Gasteiger charge is 2.31. The number of phenols is 1. The van der Waals surface area contributed by atoms with Crippen molar-refractivity contribution >= 4 is 29.7 Å². The van der Waals surface area contributed by atoms with Crippen molar-refractivity contribution in [3.05, 3.63) is 29.8 Å². The summed E-state index contributed by atoms with van der Waals surface area (Å²) in [6.45, 7) is 4.08. The highest BCUT2D eigenvalue weighted by atomic mass is 16.4. The SMILES string of the molecule is CCC(C)C(N)C(=O)NC(CCCCN)C(=O)NC(Cc1ccc(O)cc1)C(=O)NC(CCC(=O)O)C(=O)O. The first-order chi connectivity index (χ1) is 18.4. The summed E-state index contributed by atoms with van der Waals surface area (Å²) in [4.78, 5) is 61.7. The van der Waals surface area contributed by atoms with Gasteiger partial charge in [-0.2, -0.15) is 0 Å². The summed E-state index contributed by atoms with van der Waals surface area (Å²) in [5.41, 5.74) is 12.1. The maximum absolute atomic E-state index is 13.3. The molecule has 1 aromatic carbocycles. The van der Waals surface area contributed by atoms with Crippen LogP contribution in [0.4, 0.5) is 0 Å². The molecule has 1 rings (SSSR count). The van der Waals surface area contributed by atoms with Crippen LogP contribution in [-0.2, 0) is 30.4 Å². The summed E-state index contributed by atoms with van der Waals surface area (Å²) in [7, 11) is 0. The molecule has 5 atom stereocenters. The fraction of sp³-hybridized carbons (Fsp3) is 0.577. The summed E-state index contributed by atoms with van der Waals surface area (Å²) >= 11 is 0. The second-order valence-corrected chi connectivity index (χ2v) is 9.52. The molecule has 5 unspecified atom stereocenters. The maximum Gasteiger partial charge on any atom is 0.326 e. The van der Waals surface area contributed by atoms with E-state index in [9.17, 15) is 34.2 Å². The molecule has 0 spiro atoms. The monoisotopic (exact) mass is 551 g/mol. The highest BCUT2D eigenvalue weighted by molar-refractivity contribution is 5.94. The molecule has 13 heteroatoms. The number of hydrogen-bond donors (Lipinski definition) is 8. The van der Waals surface area contributed by atoms with Crippen molar-refractivity contribution in [3.8, 4) is 5.75 Å². The first-order valence-electron chi connectivity index (χ1n) is 13.0. The van der Waals surface area contributed by atoms with E-state index in [1.54, 1.807) is 0 Å². The van der Waals surface area contributed by atoms with Crippen LogP contribution >= 0.6 is 0 Å². The maximum atomic E-state index is 13.3. The van der Waals surface area contributed by atoms with Crippen LogP contribution in [-0.4, -0.2) is 75.7 Å². The first-order valence-corrected chi connectivity index (χ1v) is 13.0. The Kier molecular flexibility index (Phi) is 14.5. The van der Waals surface area contributed by atoms with Gasteiger partial charge >= 0.3 is 11.9 Å². The lowest BCUT2D eigenvalue weighted by atomic mass is 9.98. The Morgan fingerprint density at radius 2 is 1.41 bits per heavy atom. The molecule has 3 amide bonds. The third kappa shape index (κ3) is 12.1. The molecular weight excluding hydrogens is 510 g/mol. The van der Waals surface area contributed by atoms with Crippen LogP contribution < -0.4 is 27.4 Å². The molecule has 0 aliphatic heterocycles. The van der Waals surface area contributed by atoms with Crippen LogP contribution in [0.5, 0.6) is 5.75 Å². The van der Waals surface area contributed by atoms with E-state index in [0.717, 1.165) is 0 Å². The molecule has 0 radical (unpaired) electrons. The molecule has 0 saturated heterocycles. The number of nitrogens with one attached hydrogen (secondary N) is 3. The Bertz CT molecular complexity index is 972. The van der Waals surface area contributed by atoms with Gasteiger partial charge in [-0.1, -0.05) is 32.4 Å². The van der Waals surface area contributed by atoms with Crippen molar-refractivity contribution in [2.45, 2.75) is 83.0 Å². The van der Waals surface area contributed by atoms with Crippen molar-refractivity contribution < 1.29 is 39.3 Å². The van der Waals surface area contributed by atoms with Crippen molar-refractivity contribution in [2.75, 3.05) is 6.54 Å². The molecule has 0 fully saturated rings. The molecule has 10 N–H and O–H groups in total. The van der Waals surface area contributed by atoms with Crippen LogP contribution in [0.25, 0.3) is 0 Å². The number of carbonyl (C=O) groups excluding carboxylic acids is 3. The van der Waals surface area contributed by atoms with E-state index in [2.05, 4.69) is 16.0 Å². The number of nitrogens with two attached hydrogens (primary N) is 2. The Balaban J connectivity index is 3.17. The van der Waals surface area contributed by atoms with Gasteiger partial charge in [0.05, 0.1) is 6.04 Å². The average Bonchev–Trinajstić information content (AvgIpc) is 2.89. The van der Waals surface area contributed by atoms with E-state index in [1.807, 2.05) is 13.8 Å². The number of carboxylic acids is 2. The van der Waals surface area contributed by atoms with Crippen LogP contribution in [0.3, 0.4) is 0 Å². The second-order valence-electron chi connectivity index (χ2n) is 9.52. The van der Waals surface area contributed by atoms with E-state index in [4.69, 9.17) is 16.6 Å². The largest absolute Gasteiger partial charge is 0.508 e. The van der Waals surface area contributed by atoms with Crippen LogP contribution in [0.15, 0.2) is 24.3 Å². The standard InChI is InChI=1S/C26H41N5O8/c1-3-15(2)22(28)25(37)29-18(6-4-5-13-27)23(35)31-20(14-16-7-9-17(32)10-8-16)24(36)30-19(26(38)39)11-12-21(33)34/h7-10,15,18-20,22,32H,3-6,11-14,27-28H2,1-2H3,(H,29,37)(H,30,36)(H,31,35)(H,33,34)(H,38,39). The number of phenolic OH excluding ortho intramolecular Hbond substituents is 1. The Morgan fingerprint density at radius 1 is 0.846 bits per heavy atom. The normalized spacial score (nSPS) is 14.8. The zero-order valence-corrected chi connectivity index (χ0v) is 22.4. The highest BCUT2D eigenvalue weighted by Crippen LogP contribution is 2.13. The fourth-order valence-corrected chi connectivity index (χ4v) is 3.69. The zero-order valence-electron chi connectivity index (χ0n) is 22.4. The number of aromatic hydroxyl groups is 1. The minimum atomic E-state index is -1.50. The number of carbonyl (C=O) groups is 5. The minimum absolute atomic E-state index is 0.0104. The molecule has 0 aromatic heterocycles. The van der Waals surface area contributed by atoms with Crippen LogP contribution in [0.1, 0.15) is 57.9 Å². The first kappa shape index (κ1) is 33.3. The molecular formula is C26H41N5O8. The van der Waals surface area contributed by atoms with Crippen LogP contribution in [0.2, 0.25) is 0 Å². The quantitative estimate of drug-likeness (QED) is 0.112. The van der Waals surface area contributed by atoms with Gasteiger partial charge in [-0.05, 0) is 55.8 Å². The second kappa shape index (κ2) is 17.0. The number of carboxylic acid groups (broad SMARTS) is 2. The van der Waals surface area contributed by atoms with Gasteiger partial charge in [0.1, 0.15) is 23.9 Å². The van der Waals surface area contributed by atoms with Gasteiger partial charge < -0.3 is 42.7 Å². The molecule has 13 nitrogen and oxygen atoms in total. The fourth-order valence-electron chi connectivity index (χ4n) is 3.69. The molecule has 1 aromatic rings. The zero-order chi connectivity index (χ0) is 29.5. The summed E-state index contributed by atoms with van der Waals surface area (Å²) in [6, 6.07) is 1.21. The van der Waals surface area contributed by atoms with E-state index in [-0.39, 0.29) is 30.9 Å². The third-order valence-electron chi connectivity index (χ3n) is 6.41. The van der Waals surface area contributed by atoms with Gasteiger partial charge in [-0.15, -0.1) is 0 Å². The Labute approximate surface area is 227 Å². The lowest BCUT2D eigenvalue weighted by molar-refractivity contribution is -0.143. The van der Waals surface area contributed by atoms with Gasteiger partial charge in [-0.25, -0.2) is 4.79 Å². The van der Waals surface area contributed by atoms with Gasteiger partial charge in [0.2, 0.25) is 17.7 Å². The Hall–Kier alpha value is -3.71. The van der Waals surface area contributed by atoms with Crippen molar-refractivity contribution in [1.82, 2.24) is 16.0 Å². The summed E-state index contributed by atoms with van der Waals surface area (Å²) < 4.78 is 0. The molecule has 0 aliphatic carbocycles. The van der Waals surface area contributed by atoms with Crippen molar-refractivity contribution in [2.24, 2.45) is 17.4 Å². The lowest BCUT2D eigenvalue weighted by Crippen LogP contribution is -2.58. The van der Waals surface area contributed by atoms with Gasteiger partial charge in [0.15, 0.2) is 0 Å². The molecule has 218 valence electrons. The smallest absolute Gasteiger partial charge is 0.326 e. The number of aliphatic carboxylic acids is 2. The summed E-state index contributed by atoms with van der Waals surface area (Å²) in [5, 5.41) is 35.5. The average molecular weight is 552 g/mol. The molecule has 39 heavy (non-hydrogen) atoms. The van der Waals surface area contributed by atoms with Crippen molar-refractivity contribution in [3.63, 3.8) is 0 Å². The predicted molar refractivity (Wildman–Crippen MR) is 142 cm³/mol. The third-order valence-corrected chi connectivity index (χ3v) is 6.41. The predicted octanol–water partition coefficient (Wildman–Crippen LogP) is -0.159. The molecule has 0 bridgehead atoms. The van der Waals surface area contributed by atoms with Gasteiger partial charge in [-0.3, -0.25) is 19.2 Å². The topological polar surface area (TPSA) is 234 Å². The molecule has 0 aliphatic rings. The lowest BCUT2D eigenvalue weighted by Gasteiger charge is -2.26. The molecule has 0 saturated carbocycles. The van der Waals surface area contributed by atoms with E-state index < -0.39 is 60.2 Å². The van der Waals surface area contributed by atoms with E-state index in [0.29, 0.717) is 31.4 Å². The number of hydrogen-bond acceptors (Lipinski definition) is 8. The number of amides is 3. The van der Waals surface area contributed by atoms with Crippen LogP contribution in [0, 0.1) is 5.92 Å². The number of unbranched alkanes of at least 4 members (excludes halogenated alkanes) is 1.